The number of carbonyl (C=O) groups is 1. The Bertz CT molecular complexity index is 1110. The largest absolute Gasteiger partial charge is 0.368 e. The van der Waals surface area contributed by atoms with Gasteiger partial charge in [0, 0.05) is 48.9 Å². The van der Waals surface area contributed by atoms with Crippen molar-refractivity contribution in [1.82, 2.24) is 4.90 Å². The maximum atomic E-state index is 13.1. The van der Waals surface area contributed by atoms with Crippen LogP contribution in [0.25, 0.3) is 10.4 Å². The van der Waals surface area contributed by atoms with Crippen LogP contribution in [0.3, 0.4) is 0 Å². The van der Waals surface area contributed by atoms with Crippen LogP contribution in [0.2, 0.25) is 0 Å². The van der Waals surface area contributed by atoms with Crippen molar-refractivity contribution in [3.63, 3.8) is 0 Å². The Hall–Kier alpha value is -3.19. The SMILES string of the molecule is O=C(c1cc2c(s1)-c1ccccc1CC2)N1CCN(c2ccc([N+](=O)[O-])cc2)CC1. The molecule has 1 aliphatic carbocycles. The fourth-order valence-corrected chi connectivity index (χ4v) is 5.52. The summed E-state index contributed by atoms with van der Waals surface area (Å²) in [6, 6.07) is 17.2. The summed E-state index contributed by atoms with van der Waals surface area (Å²) in [6.07, 6.45) is 2.02. The molecule has 0 spiro atoms. The first-order valence-corrected chi connectivity index (χ1v) is 10.9. The molecule has 1 fully saturated rings. The van der Waals surface area contributed by atoms with Crippen LogP contribution in [-0.2, 0) is 12.8 Å². The molecule has 30 heavy (non-hydrogen) atoms. The fourth-order valence-electron chi connectivity index (χ4n) is 4.29. The second-order valence-electron chi connectivity index (χ2n) is 7.67. The van der Waals surface area contributed by atoms with E-state index in [0.717, 1.165) is 36.5 Å². The van der Waals surface area contributed by atoms with Crippen LogP contribution < -0.4 is 4.90 Å². The third-order valence-corrected chi connectivity index (χ3v) is 7.14. The highest BCUT2D eigenvalue weighted by Crippen LogP contribution is 2.39. The van der Waals surface area contributed by atoms with Crippen molar-refractivity contribution in [3.05, 3.63) is 80.7 Å². The molecule has 1 aromatic heterocycles. The number of non-ortho nitro benzene ring substituents is 1. The number of rotatable bonds is 3. The molecule has 152 valence electrons. The minimum Gasteiger partial charge on any atom is -0.368 e. The van der Waals surface area contributed by atoms with E-state index in [1.54, 1.807) is 23.5 Å². The van der Waals surface area contributed by atoms with Crippen LogP contribution in [0, 0.1) is 10.1 Å². The number of nitrogens with zero attached hydrogens (tertiary/aromatic N) is 3. The molecule has 1 aliphatic heterocycles. The van der Waals surface area contributed by atoms with Crippen molar-refractivity contribution >= 4 is 28.6 Å². The summed E-state index contributed by atoms with van der Waals surface area (Å²) in [4.78, 5) is 29.7. The monoisotopic (exact) mass is 419 g/mol. The molecule has 3 aromatic rings. The zero-order valence-corrected chi connectivity index (χ0v) is 17.2. The normalized spacial score (nSPS) is 15.5. The average Bonchev–Trinajstić information content (AvgIpc) is 3.24. The number of piperazine rings is 1. The van der Waals surface area contributed by atoms with Gasteiger partial charge in [-0.25, -0.2) is 0 Å². The quantitative estimate of drug-likeness (QED) is 0.467. The summed E-state index contributed by atoms with van der Waals surface area (Å²) < 4.78 is 0. The first kappa shape index (κ1) is 18.8. The van der Waals surface area contributed by atoms with E-state index in [-0.39, 0.29) is 16.5 Å². The van der Waals surface area contributed by atoms with Crippen LogP contribution in [-0.4, -0.2) is 41.9 Å². The topological polar surface area (TPSA) is 66.7 Å². The zero-order chi connectivity index (χ0) is 20.7. The highest BCUT2D eigenvalue weighted by atomic mass is 32.1. The van der Waals surface area contributed by atoms with Gasteiger partial charge >= 0.3 is 0 Å². The maximum absolute atomic E-state index is 13.1. The highest BCUT2D eigenvalue weighted by molar-refractivity contribution is 7.17. The van der Waals surface area contributed by atoms with Gasteiger partial charge in [0.15, 0.2) is 0 Å². The lowest BCUT2D eigenvalue weighted by molar-refractivity contribution is -0.384. The minimum absolute atomic E-state index is 0.0933. The predicted octanol–water partition coefficient (Wildman–Crippen LogP) is 4.38. The molecule has 0 bridgehead atoms. The molecule has 5 rings (SSSR count). The second-order valence-corrected chi connectivity index (χ2v) is 8.73. The Morgan fingerprint density at radius 3 is 2.37 bits per heavy atom. The molecule has 7 heteroatoms. The lowest BCUT2D eigenvalue weighted by atomic mass is 9.91. The van der Waals surface area contributed by atoms with Gasteiger partial charge in [0.25, 0.3) is 11.6 Å². The Labute approximate surface area is 178 Å². The van der Waals surface area contributed by atoms with E-state index in [9.17, 15) is 14.9 Å². The Kier molecular flexibility index (Phi) is 4.75. The number of thiophene rings is 1. The van der Waals surface area contributed by atoms with Crippen LogP contribution >= 0.6 is 11.3 Å². The minimum atomic E-state index is -0.389. The van der Waals surface area contributed by atoms with E-state index >= 15 is 0 Å². The Morgan fingerprint density at radius 1 is 0.933 bits per heavy atom. The van der Waals surface area contributed by atoms with Crippen LogP contribution in [0.5, 0.6) is 0 Å². The van der Waals surface area contributed by atoms with Crippen LogP contribution in [0.15, 0.2) is 54.6 Å². The molecule has 1 amide bonds. The van der Waals surface area contributed by atoms with E-state index in [1.807, 2.05) is 4.90 Å². The highest BCUT2D eigenvalue weighted by Gasteiger charge is 2.26. The Balaban J connectivity index is 1.28. The molecule has 0 atom stereocenters. The number of anilines is 1. The molecule has 0 saturated carbocycles. The van der Waals surface area contributed by atoms with Gasteiger partial charge in [0.1, 0.15) is 0 Å². The number of aryl methyl sites for hydroxylation is 2. The summed E-state index contributed by atoms with van der Waals surface area (Å²) in [6.45, 7) is 2.74. The van der Waals surface area contributed by atoms with Crippen molar-refractivity contribution in [2.45, 2.75) is 12.8 Å². The van der Waals surface area contributed by atoms with Crippen molar-refractivity contribution in [2.24, 2.45) is 0 Å². The van der Waals surface area contributed by atoms with Gasteiger partial charge in [-0.2, -0.15) is 0 Å². The summed E-state index contributed by atoms with van der Waals surface area (Å²) in [5.74, 6) is 0.107. The van der Waals surface area contributed by atoms with Gasteiger partial charge in [0.05, 0.1) is 9.80 Å². The van der Waals surface area contributed by atoms with E-state index in [2.05, 4.69) is 35.2 Å². The molecule has 1 saturated heterocycles. The number of benzene rings is 2. The molecule has 0 radical (unpaired) electrons. The lowest BCUT2D eigenvalue weighted by Gasteiger charge is -2.35. The molecular formula is C23H21N3O3S. The average molecular weight is 420 g/mol. The number of hydrogen-bond acceptors (Lipinski definition) is 5. The van der Waals surface area contributed by atoms with Gasteiger partial charge in [-0.05, 0) is 47.7 Å². The number of hydrogen-bond donors (Lipinski definition) is 0. The summed E-state index contributed by atoms with van der Waals surface area (Å²) in [5.41, 5.74) is 4.96. The summed E-state index contributed by atoms with van der Waals surface area (Å²) >= 11 is 1.61. The number of fused-ring (bicyclic) bond motifs is 3. The van der Waals surface area contributed by atoms with E-state index in [4.69, 9.17) is 0 Å². The molecular weight excluding hydrogens is 398 g/mol. The van der Waals surface area contributed by atoms with E-state index in [0.29, 0.717) is 13.1 Å². The Morgan fingerprint density at radius 2 is 1.63 bits per heavy atom. The molecule has 2 heterocycles. The lowest BCUT2D eigenvalue weighted by Crippen LogP contribution is -2.48. The number of carbonyl (C=O) groups excluding carboxylic acids is 1. The van der Waals surface area contributed by atoms with Gasteiger partial charge in [-0.15, -0.1) is 11.3 Å². The third-order valence-electron chi connectivity index (χ3n) is 5.94. The first-order valence-electron chi connectivity index (χ1n) is 10.1. The van der Waals surface area contributed by atoms with Crippen LogP contribution in [0.4, 0.5) is 11.4 Å². The van der Waals surface area contributed by atoms with Gasteiger partial charge in [-0.1, -0.05) is 24.3 Å². The standard InChI is InChI=1S/C23H21N3O3S/c27-23(21-15-17-6-5-16-3-1-2-4-20(16)22(17)30-21)25-13-11-24(12-14-25)18-7-9-19(10-8-18)26(28)29/h1-4,7-10,15H,5-6,11-14H2. The molecule has 6 nitrogen and oxygen atoms in total. The number of amides is 1. The molecule has 0 N–H and O–H groups in total. The van der Waals surface area contributed by atoms with E-state index < -0.39 is 0 Å². The zero-order valence-electron chi connectivity index (χ0n) is 16.4. The smallest absolute Gasteiger partial charge is 0.269 e. The van der Waals surface area contributed by atoms with Crippen molar-refractivity contribution < 1.29 is 9.72 Å². The number of nitro groups is 1. The predicted molar refractivity (Wildman–Crippen MR) is 118 cm³/mol. The summed E-state index contributed by atoms with van der Waals surface area (Å²) in [7, 11) is 0. The van der Waals surface area contributed by atoms with Crippen molar-refractivity contribution in [1.29, 1.82) is 0 Å². The van der Waals surface area contributed by atoms with E-state index in [1.165, 1.54) is 33.7 Å². The van der Waals surface area contributed by atoms with Crippen molar-refractivity contribution in [2.75, 3.05) is 31.1 Å². The molecule has 0 unspecified atom stereocenters. The molecule has 2 aliphatic rings. The van der Waals surface area contributed by atoms with Crippen LogP contribution in [0.1, 0.15) is 20.8 Å². The molecule has 2 aromatic carbocycles. The second kappa shape index (κ2) is 7.57. The van der Waals surface area contributed by atoms with Gasteiger partial charge < -0.3 is 9.80 Å². The van der Waals surface area contributed by atoms with Gasteiger partial charge in [-0.3, -0.25) is 14.9 Å². The summed E-state index contributed by atoms with van der Waals surface area (Å²) in [5, 5.41) is 10.8. The fraction of sp³-hybridized carbons (Fsp3) is 0.261. The van der Waals surface area contributed by atoms with Gasteiger partial charge in [0.2, 0.25) is 0 Å². The first-order chi connectivity index (χ1) is 14.6. The third kappa shape index (κ3) is 3.35. The van der Waals surface area contributed by atoms with Crippen molar-refractivity contribution in [3.8, 4) is 10.4 Å². The number of nitro benzene ring substituents is 1. The maximum Gasteiger partial charge on any atom is 0.269 e.